The van der Waals surface area contributed by atoms with Crippen LogP contribution in [0.1, 0.15) is 39.0 Å². The summed E-state index contributed by atoms with van der Waals surface area (Å²) in [6.07, 6.45) is 5.25. The maximum Gasteiger partial charge on any atom is 0.249 e. The van der Waals surface area contributed by atoms with E-state index in [1.807, 2.05) is 11.8 Å². The maximum atomic E-state index is 13.1. The van der Waals surface area contributed by atoms with Gasteiger partial charge < -0.3 is 15.0 Å². The lowest BCUT2D eigenvalue weighted by atomic mass is 9.87. The van der Waals surface area contributed by atoms with Gasteiger partial charge in [0.15, 0.2) is 0 Å². The molecule has 21 heavy (non-hydrogen) atoms. The van der Waals surface area contributed by atoms with Gasteiger partial charge in [-0.2, -0.15) is 0 Å². The smallest absolute Gasteiger partial charge is 0.249 e. The molecule has 4 fully saturated rings. The van der Waals surface area contributed by atoms with E-state index in [0.717, 1.165) is 45.3 Å². The molecule has 4 aliphatic rings. The number of hydrogen-bond donors (Lipinski definition) is 1. The SMILES string of the molecule is CC1(C2CC2)NC(=O)C(C2CC2)N(CC2CCOC2)C1=O. The average molecular weight is 292 g/mol. The number of nitrogens with zero attached hydrogens (tertiary/aromatic N) is 1. The molecule has 2 aliphatic heterocycles. The van der Waals surface area contributed by atoms with Crippen LogP contribution < -0.4 is 5.32 Å². The van der Waals surface area contributed by atoms with E-state index < -0.39 is 5.54 Å². The largest absolute Gasteiger partial charge is 0.381 e. The second kappa shape index (κ2) is 4.70. The van der Waals surface area contributed by atoms with Crippen LogP contribution in [0.15, 0.2) is 0 Å². The summed E-state index contributed by atoms with van der Waals surface area (Å²) in [5.41, 5.74) is -0.665. The quantitative estimate of drug-likeness (QED) is 0.838. The molecule has 5 nitrogen and oxygen atoms in total. The number of piperazine rings is 1. The van der Waals surface area contributed by atoms with E-state index in [-0.39, 0.29) is 17.9 Å². The molecule has 3 atom stereocenters. The van der Waals surface area contributed by atoms with E-state index in [0.29, 0.717) is 24.3 Å². The van der Waals surface area contributed by atoms with Crippen LogP contribution in [0.5, 0.6) is 0 Å². The van der Waals surface area contributed by atoms with Gasteiger partial charge in [-0.3, -0.25) is 9.59 Å². The summed E-state index contributed by atoms with van der Waals surface area (Å²) >= 11 is 0. The molecule has 2 aliphatic carbocycles. The van der Waals surface area contributed by atoms with E-state index >= 15 is 0 Å². The van der Waals surface area contributed by atoms with Crippen molar-refractivity contribution in [1.29, 1.82) is 0 Å². The van der Waals surface area contributed by atoms with Crippen molar-refractivity contribution in [2.45, 2.75) is 50.6 Å². The number of nitrogens with one attached hydrogen (secondary N) is 1. The Morgan fingerprint density at radius 3 is 2.57 bits per heavy atom. The van der Waals surface area contributed by atoms with E-state index in [1.54, 1.807) is 0 Å². The Labute approximate surface area is 125 Å². The molecule has 0 radical (unpaired) electrons. The zero-order chi connectivity index (χ0) is 14.6. The minimum Gasteiger partial charge on any atom is -0.381 e. The first kappa shape index (κ1) is 13.6. The lowest BCUT2D eigenvalue weighted by Crippen LogP contribution is -2.71. The van der Waals surface area contributed by atoms with Crippen LogP contribution in [0, 0.1) is 17.8 Å². The first-order chi connectivity index (χ1) is 10.1. The van der Waals surface area contributed by atoms with Gasteiger partial charge in [-0.1, -0.05) is 0 Å². The summed E-state index contributed by atoms with van der Waals surface area (Å²) in [6, 6.07) is -0.232. The van der Waals surface area contributed by atoms with Crippen molar-refractivity contribution in [3.8, 4) is 0 Å². The van der Waals surface area contributed by atoms with Crippen molar-refractivity contribution in [3.05, 3.63) is 0 Å². The molecule has 3 unspecified atom stereocenters. The zero-order valence-electron chi connectivity index (χ0n) is 12.6. The molecule has 0 bridgehead atoms. The Bertz CT molecular complexity index is 466. The fourth-order valence-corrected chi connectivity index (χ4v) is 3.97. The molecule has 1 N–H and O–H groups in total. The Morgan fingerprint density at radius 2 is 2.00 bits per heavy atom. The molecule has 0 spiro atoms. The molecular formula is C16H24N2O3. The van der Waals surface area contributed by atoms with Crippen LogP contribution in [0.4, 0.5) is 0 Å². The van der Waals surface area contributed by atoms with Gasteiger partial charge in [0.1, 0.15) is 11.6 Å². The molecule has 0 aromatic heterocycles. The van der Waals surface area contributed by atoms with E-state index in [2.05, 4.69) is 5.32 Å². The van der Waals surface area contributed by atoms with Gasteiger partial charge in [-0.15, -0.1) is 0 Å². The summed E-state index contributed by atoms with van der Waals surface area (Å²) in [4.78, 5) is 27.6. The molecule has 2 saturated carbocycles. The third-order valence-corrected chi connectivity index (χ3v) is 5.63. The molecular weight excluding hydrogens is 268 g/mol. The average Bonchev–Trinajstić information content (AvgIpc) is 3.35. The molecule has 0 aromatic rings. The number of carbonyl (C=O) groups is 2. The number of carbonyl (C=O) groups excluding carboxylic acids is 2. The first-order valence-electron chi connectivity index (χ1n) is 8.30. The Kier molecular flexibility index (Phi) is 3.03. The molecule has 5 heteroatoms. The number of ether oxygens (including phenoxy) is 1. The third-order valence-electron chi connectivity index (χ3n) is 5.63. The van der Waals surface area contributed by atoms with Gasteiger partial charge in [0, 0.05) is 19.1 Å². The maximum absolute atomic E-state index is 13.1. The Morgan fingerprint density at radius 1 is 1.24 bits per heavy atom. The molecule has 0 aromatic carbocycles. The van der Waals surface area contributed by atoms with Gasteiger partial charge in [-0.25, -0.2) is 0 Å². The molecule has 2 amide bonds. The topological polar surface area (TPSA) is 58.6 Å². The lowest BCUT2D eigenvalue weighted by molar-refractivity contribution is -0.157. The highest BCUT2D eigenvalue weighted by molar-refractivity contribution is 6.00. The van der Waals surface area contributed by atoms with E-state index in [4.69, 9.17) is 4.74 Å². The van der Waals surface area contributed by atoms with Gasteiger partial charge in [0.05, 0.1) is 6.61 Å². The Hall–Kier alpha value is -1.10. The van der Waals surface area contributed by atoms with Gasteiger partial charge in [0.2, 0.25) is 11.8 Å². The van der Waals surface area contributed by atoms with E-state index in [1.165, 1.54) is 0 Å². The van der Waals surface area contributed by atoms with Crippen LogP contribution in [0.2, 0.25) is 0 Å². The number of rotatable bonds is 4. The lowest BCUT2D eigenvalue weighted by Gasteiger charge is -2.45. The van der Waals surface area contributed by atoms with Crippen LogP contribution >= 0.6 is 0 Å². The monoisotopic (exact) mass is 292 g/mol. The summed E-state index contributed by atoms with van der Waals surface area (Å²) in [5, 5.41) is 3.07. The highest BCUT2D eigenvalue weighted by Gasteiger charge is 2.57. The first-order valence-corrected chi connectivity index (χ1v) is 8.30. The summed E-state index contributed by atoms with van der Waals surface area (Å²) in [7, 11) is 0. The highest BCUT2D eigenvalue weighted by Crippen LogP contribution is 2.45. The van der Waals surface area contributed by atoms with Crippen molar-refractivity contribution >= 4 is 11.8 Å². The van der Waals surface area contributed by atoms with Crippen molar-refractivity contribution in [2.75, 3.05) is 19.8 Å². The fourth-order valence-electron chi connectivity index (χ4n) is 3.97. The van der Waals surface area contributed by atoms with Gasteiger partial charge in [-0.05, 0) is 50.9 Å². The standard InChI is InChI=1S/C16H24N2O3/c1-16(12-4-5-12)15(20)18(8-10-6-7-21-9-10)13(11-2-3-11)14(19)17-16/h10-13H,2-9H2,1H3,(H,17,19). The second-order valence-electron chi connectivity index (χ2n) is 7.44. The molecule has 4 rings (SSSR count). The van der Waals surface area contributed by atoms with Gasteiger partial charge >= 0.3 is 0 Å². The molecule has 2 saturated heterocycles. The van der Waals surface area contributed by atoms with Crippen molar-refractivity contribution < 1.29 is 14.3 Å². The third kappa shape index (κ3) is 2.26. The van der Waals surface area contributed by atoms with Crippen LogP contribution in [-0.2, 0) is 14.3 Å². The predicted octanol–water partition coefficient (Wildman–Crippen LogP) is 0.929. The number of hydrogen-bond acceptors (Lipinski definition) is 3. The second-order valence-corrected chi connectivity index (χ2v) is 7.44. The zero-order valence-corrected chi connectivity index (χ0v) is 12.6. The Balaban J connectivity index is 1.59. The van der Waals surface area contributed by atoms with Crippen LogP contribution in [0.3, 0.4) is 0 Å². The normalized spacial score (nSPS) is 40.5. The van der Waals surface area contributed by atoms with Crippen LogP contribution in [0.25, 0.3) is 0 Å². The highest BCUT2D eigenvalue weighted by atomic mass is 16.5. The summed E-state index contributed by atoms with van der Waals surface area (Å²) < 4.78 is 5.45. The fraction of sp³-hybridized carbons (Fsp3) is 0.875. The number of amides is 2. The minimum atomic E-state index is -0.665. The minimum absolute atomic E-state index is 0.0745. The van der Waals surface area contributed by atoms with E-state index in [9.17, 15) is 9.59 Å². The van der Waals surface area contributed by atoms with Crippen molar-refractivity contribution in [1.82, 2.24) is 10.2 Å². The summed E-state index contributed by atoms with van der Waals surface area (Å²) in [5.74, 6) is 1.32. The van der Waals surface area contributed by atoms with Crippen molar-refractivity contribution in [3.63, 3.8) is 0 Å². The predicted molar refractivity (Wildman–Crippen MR) is 76.4 cm³/mol. The van der Waals surface area contributed by atoms with Gasteiger partial charge in [0.25, 0.3) is 0 Å². The van der Waals surface area contributed by atoms with Crippen LogP contribution in [-0.4, -0.2) is 48.1 Å². The van der Waals surface area contributed by atoms with Crippen molar-refractivity contribution in [2.24, 2.45) is 17.8 Å². The summed E-state index contributed by atoms with van der Waals surface area (Å²) in [6.45, 7) is 4.12. The molecule has 2 heterocycles. The molecule has 116 valence electrons.